The van der Waals surface area contributed by atoms with Crippen LogP contribution >= 0.6 is 0 Å². The SMILES string of the molecule is CCCCCc1cnc(C2CCC(CCC3CCC(CC)CC3)CC2)nc1. The van der Waals surface area contributed by atoms with E-state index >= 15 is 0 Å². The van der Waals surface area contributed by atoms with E-state index in [1.807, 2.05) is 0 Å². The van der Waals surface area contributed by atoms with Gasteiger partial charge in [0, 0.05) is 18.3 Å². The molecule has 152 valence electrons. The third kappa shape index (κ3) is 6.57. The van der Waals surface area contributed by atoms with Gasteiger partial charge in [0.05, 0.1) is 0 Å². The summed E-state index contributed by atoms with van der Waals surface area (Å²) in [6.45, 7) is 4.62. The van der Waals surface area contributed by atoms with Crippen molar-refractivity contribution < 1.29 is 0 Å². The van der Waals surface area contributed by atoms with E-state index in [1.165, 1.54) is 95.5 Å². The van der Waals surface area contributed by atoms with Crippen LogP contribution in [0.2, 0.25) is 0 Å². The number of nitrogens with zero attached hydrogens (tertiary/aromatic N) is 2. The predicted octanol–water partition coefficient (Wildman–Crippen LogP) is 7.48. The lowest BCUT2D eigenvalue weighted by molar-refractivity contribution is 0.226. The Balaban J connectivity index is 1.35. The molecule has 0 amide bonds. The Labute approximate surface area is 168 Å². The number of aromatic nitrogens is 2. The van der Waals surface area contributed by atoms with E-state index in [4.69, 9.17) is 9.97 Å². The second-order valence-electron chi connectivity index (χ2n) is 9.50. The van der Waals surface area contributed by atoms with Crippen molar-refractivity contribution in [3.63, 3.8) is 0 Å². The minimum absolute atomic E-state index is 0.617. The van der Waals surface area contributed by atoms with Crippen LogP contribution in [0.1, 0.15) is 121 Å². The lowest BCUT2D eigenvalue weighted by atomic mass is 9.75. The molecule has 0 N–H and O–H groups in total. The first-order chi connectivity index (χ1) is 13.3. The molecule has 1 aromatic rings. The molecule has 1 heterocycles. The molecule has 1 aromatic heterocycles. The van der Waals surface area contributed by atoms with Gasteiger partial charge in [-0.2, -0.15) is 0 Å². The molecule has 2 fully saturated rings. The average molecular weight is 371 g/mol. The van der Waals surface area contributed by atoms with Crippen LogP contribution < -0.4 is 0 Å². The van der Waals surface area contributed by atoms with Gasteiger partial charge in [-0.25, -0.2) is 9.97 Å². The van der Waals surface area contributed by atoms with Crippen molar-refractivity contribution in [2.75, 3.05) is 0 Å². The number of hydrogen-bond donors (Lipinski definition) is 0. The summed E-state index contributed by atoms with van der Waals surface area (Å²) < 4.78 is 0. The van der Waals surface area contributed by atoms with Crippen LogP contribution in [0, 0.1) is 17.8 Å². The first-order valence-electron chi connectivity index (χ1n) is 12.1. The molecule has 2 aliphatic carbocycles. The van der Waals surface area contributed by atoms with Gasteiger partial charge in [-0.3, -0.25) is 0 Å². The molecule has 0 unspecified atom stereocenters. The summed E-state index contributed by atoms with van der Waals surface area (Å²) in [6, 6.07) is 0. The van der Waals surface area contributed by atoms with Gasteiger partial charge < -0.3 is 0 Å². The van der Waals surface area contributed by atoms with Gasteiger partial charge in [0.25, 0.3) is 0 Å². The molecule has 0 spiro atoms. The monoisotopic (exact) mass is 370 g/mol. The van der Waals surface area contributed by atoms with E-state index in [0.29, 0.717) is 5.92 Å². The number of aryl methyl sites for hydroxylation is 1. The van der Waals surface area contributed by atoms with Crippen LogP contribution in [-0.4, -0.2) is 9.97 Å². The van der Waals surface area contributed by atoms with E-state index in [9.17, 15) is 0 Å². The van der Waals surface area contributed by atoms with Crippen LogP contribution in [0.4, 0.5) is 0 Å². The van der Waals surface area contributed by atoms with Gasteiger partial charge in [0.2, 0.25) is 0 Å². The van der Waals surface area contributed by atoms with E-state index in [2.05, 4.69) is 26.2 Å². The van der Waals surface area contributed by atoms with Gasteiger partial charge in [-0.05, 0) is 61.8 Å². The van der Waals surface area contributed by atoms with E-state index in [0.717, 1.165) is 30.0 Å². The van der Waals surface area contributed by atoms with E-state index < -0.39 is 0 Å². The fraction of sp³-hybridized carbons (Fsp3) is 0.840. The fourth-order valence-electron chi connectivity index (χ4n) is 5.39. The Bertz CT molecular complexity index is 508. The molecule has 0 aromatic carbocycles. The predicted molar refractivity (Wildman–Crippen MR) is 115 cm³/mol. The Hall–Kier alpha value is -0.920. The van der Waals surface area contributed by atoms with Gasteiger partial charge in [-0.15, -0.1) is 0 Å². The molecule has 0 saturated heterocycles. The normalized spacial score (nSPS) is 29.0. The Morgan fingerprint density at radius 3 is 1.85 bits per heavy atom. The second kappa shape index (κ2) is 11.2. The molecule has 2 saturated carbocycles. The summed E-state index contributed by atoms with van der Waals surface area (Å²) in [7, 11) is 0. The molecular formula is C25H42N2. The van der Waals surface area contributed by atoms with Crippen LogP contribution in [0.25, 0.3) is 0 Å². The van der Waals surface area contributed by atoms with Gasteiger partial charge in [-0.1, -0.05) is 71.6 Å². The zero-order valence-electron chi connectivity index (χ0n) is 18.0. The van der Waals surface area contributed by atoms with Crippen molar-refractivity contribution in [3.05, 3.63) is 23.8 Å². The zero-order valence-corrected chi connectivity index (χ0v) is 18.0. The second-order valence-corrected chi connectivity index (χ2v) is 9.50. The zero-order chi connectivity index (χ0) is 18.9. The fourth-order valence-corrected chi connectivity index (χ4v) is 5.39. The maximum absolute atomic E-state index is 4.73. The molecule has 3 rings (SSSR count). The molecule has 27 heavy (non-hydrogen) atoms. The Morgan fingerprint density at radius 1 is 0.741 bits per heavy atom. The maximum Gasteiger partial charge on any atom is 0.131 e. The molecule has 0 bridgehead atoms. The quantitative estimate of drug-likeness (QED) is 0.421. The maximum atomic E-state index is 4.73. The molecule has 0 radical (unpaired) electrons. The smallest absolute Gasteiger partial charge is 0.131 e. The summed E-state index contributed by atoms with van der Waals surface area (Å²) >= 11 is 0. The molecule has 0 aliphatic heterocycles. The number of unbranched alkanes of at least 4 members (excludes halogenated alkanes) is 2. The van der Waals surface area contributed by atoms with Crippen molar-refractivity contribution in [1.29, 1.82) is 0 Å². The minimum Gasteiger partial charge on any atom is -0.241 e. The van der Waals surface area contributed by atoms with E-state index in [-0.39, 0.29) is 0 Å². The molecule has 0 atom stereocenters. The lowest BCUT2D eigenvalue weighted by Crippen LogP contribution is -2.18. The average Bonchev–Trinajstić information content (AvgIpc) is 2.74. The van der Waals surface area contributed by atoms with E-state index in [1.54, 1.807) is 0 Å². The largest absolute Gasteiger partial charge is 0.241 e. The topological polar surface area (TPSA) is 25.8 Å². The summed E-state index contributed by atoms with van der Waals surface area (Å²) in [5, 5.41) is 0. The highest BCUT2D eigenvalue weighted by molar-refractivity contribution is 5.08. The van der Waals surface area contributed by atoms with Gasteiger partial charge >= 0.3 is 0 Å². The van der Waals surface area contributed by atoms with Crippen molar-refractivity contribution in [2.45, 2.75) is 116 Å². The Morgan fingerprint density at radius 2 is 1.30 bits per heavy atom. The third-order valence-electron chi connectivity index (χ3n) is 7.53. The summed E-state index contributed by atoms with van der Waals surface area (Å²) in [6.07, 6.45) is 25.0. The van der Waals surface area contributed by atoms with Crippen LogP contribution in [0.3, 0.4) is 0 Å². The van der Waals surface area contributed by atoms with Gasteiger partial charge in [0.1, 0.15) is 5.82 Å². The standard InChI is InChI=1S/C25H42N2/c1-3-5-6-7-23-18-26-25(27-19-23)24-16-14-22(15-17-24)13-12-21-10-8-20(4-2)9-11-21/h18-22,24H,3-17H2,1-2H3. The van der Waals surface area contributed by atoms with Crippen LogP contribution in [0.15, 0.2) is 12.4 Å². The third-order valence-corrected chi connectivity index (χ3v) is 7.53. The molecule has 2 heteroatoms. The number of rotatable bonds is 9. The van der Waals surface area contributed by atoms with Crippen molar-refractivity contribution in [3.8, 4) is 0 Å². The number of hydrogen-bond acceptors (Lipinski definition) is 2. The summed E-state index contributed by atoms with van der Waals surface area (Å²) in [4.78, 5) is 9.46. The minimum atomic E-state index is 0.617. The summed E-state index contributed by atoms with van der Waals surface area (Å²) in [5.41, 5.74) is 1.32. The van der Waals surface area contributed by atoms with Crippen molar-refractivity contribution >= 4 is 0 Å². The van der Waals surface area contributed by atoms with Gasteiger partial charge in [0.15, 0.2) is 0 Å². The first kappa shape index (κ1) is 20.8. The molecule has 2 aliphatic rings. The van der Waals surface area contributed by atoms with Crippen LogP contribution in [0.5, 0.6) is 0 Å². The molecule has 2 nitrogen and oxygen atoms in total. The Kier molecular flexibility index (Phi) is 8.61. The highest BCUT2D eigenvalue weighted by atomic mass is 14.9. The highest BCUT2D eigenvalue weighted by Gasteiger charge is 2.26. The molecular weight excluding hydrogens is 328 g/mol. The van der Waals surface area contributed by atoms with Crippen molar-refractivity contribution in [2.24, 2.45) is 17.8 Å². The summed E-state index contributed by atoms with van der Waals surface area (Å²) in [5.74, 6) is 4.78. The lowest BCUT2D eigenvalue weighted by Gasteiger charge is -2.31. The van der Waals surface area contributed by atoms with Crippen LogP contribution in [-0.2, 0) is 6.42 Å². The van der Waals surface area contributed by atoms with Crippen molar-refractivity contribution in [1.82, 2.24) is 9.97 Å². The highest BCUT2D eigenvalue weighted by Crippen LogP contribution is 2.39. The first-order valence-corrected chi connectivity index (χ1v) is 12.1.